The zero-order chi connectivity index (χ0) is 14.5. The third-order valence-electron chi connectivity index (χ3n) is 3.41. The summed E-state index contributed by atoms with van der Waals surface area (Å²) in [6.45, 7) is 1.53. The van der Waals surface area contributed by atoms with Crippen LogP contribution in [0, 0.1) is 17.2 Å². The van der Waals surface area contributed by atoms with Crippen molar-refractivity contribution in [1.82, 2.24) is 0 Å². The fraction of sp³-hybridized carbons (Fsp3) is 0.400. The highest BCUT2D eigenvalue weighted by molar-refractivity contribution is 5.96. The summed E-state index contributed by atoms with van der Waals surface area (Å²) in [5, 5.41) is 11.5. The summed E-state index contributed by atoms with van der Waals surface area (Å²) in [5.41, 5.74) is 0.796. The molecule has 0 aromatic heterocycles. The van der Waals surface area contributed by atoms with Gasteiger partial charge in [0.25, 0.3) is 5.91 Å². The van der Waals surface area contributed by atoms with Crippen LogP contribution in [-0.4, -0.2) is 18.0 Å². The van der Waals surface area contributed by atoms with Gasteiger partial charge in [-0.1, -0.05) is 18.6 Å². The number of benzene rings is 1. The smallest absolute Gasteiger partial charge is 0.309 e. The van der Waals surface area contributed by atoms with Crippen LogP contribution < -0.4 is 5.32 Å². The van der Waals surface area contributed by atoms with Crippen LogP contribution in [0.25, 0.3) is 0 Å². The lowest BCUT2D eigenvalue weighted by atomic mass is 9.86. The maximum absolute atomic E-state index is 11.9. The molecule has 0 unspecified atom stereocenters. The minimum Gasteiger partial charge on any atom is -0.452 e. The van der Waals surface area contributed by atoms with Crippen LogP contribution >= 0.6 is 0 Å². The first-order valence-electron chi connectivity index (χ1n) is 6.62. The molecule has 1 aromatic rings. The lowest BCUT2D eigenvalue weighted by Gasteiger charge is -2.24. The van der Waals surface area contributed by atoms with Gasteiger partial charge in [-0.15, -0.1) is 0 Å². The van der Waals surface area contributed by atoms with Crippen molar-refractivity contribution >= 4 is 17.6 Å². The van der Waals surface area contributed by atoms with E-state index in [1.165, 1.54) is 6.92 Å². The Labute approximate surface area is 117 Å². The molecule has 5 nitrogen and oxygen atoms in total. The molecule has 5 heteroatoms. The van der Waals surface area contributed by atoms with Crippen LogP contribution in [0.2, 0.25) is 0 Å². The van der Waals surface area contributed by atoms with E-state index in [1.54, 1.807) is 24.3 Å². The molecule has 1 aromatic carbocycles. The van der Waals surface area contributed by atoms with E-state index in [9.17, 15) is 9.59 Å². The van der Waals surface area contributed by atoms with E-state index in [0.717, 1.165) is 19.3 Å². The van der Waals surface area contributed by atoms with Gasteiger partial charge in [0.1, 0.15) is 6.07 Å². The Balaban J connectivity index is 1.93. The molecule has 104 valence electrons. The van der Waals surface area contributed by atoms with Crippen LogP contribution in [-0.2, 0) is 14.3 Å². The maximum atomic E-state index is 11.9. The first-order valence-corrected chi connectivity index (χ1v) is 6.62. The number of hydrogen-bond donors (Lipinski definition) is 1. The first-order chi connectivity index (χ1) is 9.61. The van der Waals surface area contributed by atoms with Crippen molar-refractivity contribution in [2.24, 2.45) is 5.92 Å². The number of rotatable bonds is 4. The molecular formula is C15H16N2O3. The highest BCUT2D eigenvalue weighted by Crippen LogP contribution is 2.27. The van der Waals surface area contributed by atoms with Gasteiger partial charge in [0, 0.05) is 0 Å². The number of anilines is 1. The predicted octanol–water partition coefficient (Wildman–Crippen LogP) is 2.23. The summed E-state index contributed by atoms with van der Waals surface area (Å²) in [6.07, 6.45) is 1.85. The molecule has 0 saturated heterocycles. The molecular weight excluding hydrogens is 256 g/mol. The fourth-order valence-electron chi connectivity index (χ4n) is 1.89. The predicted molar refractivity (Wildman–Crippen MR) is 72.7 cm³/mol. The third kappa shape index (κ3) is 3.15. The van der Waals surface area contributed by atoms with E-state index < -0.39 is 12.0 Å². The van der Waals surface area contributed by atoms with Crippen molar-refractivity contribution in [3.05, 3.63) is 29.8 Å². The summed E-state index contributed by atoms with van der Waals surface area (Å²) >= 11 is 0. The van der Waals surface area contributed by atoms with Crippen LogP contribution in [0.15, 0.2) is 24.3 Å². The van der Waals surface area contributed by atoms with Crippen LogP contribution in [0.5, 0.6) is 0 Å². The number of nitriles is 1. The molecule has 0 heterocycles. The van der Waals surface area contributed by atoms with Gasteiger partial charge in [0.2, 0.25) is 0 Å². The number of ether oxygens (including phenoxy) is 1. The monoisotopic (exact) mass is 272 g/mol. The van der Waals surface area contributed by atoms with Gasteiger partial charge in [-0.3, -0.25) is 9.59 Å². The number of esters is 1. The Bertz CT molecular complexity index is 558. The standard InChI is InChI=1S/C15H16N2O3/c1-10(20-15(19)11-6-4-7-11)14(18)17-13-8-3-2-5-12(13)9-16/h2-3,5,8,10-11H,4,6-7H2,1H3,(H,17,18)/t10-/m0/s1. The molecule has 0 aliphatic heterocycles. The SMILES string of the molecule is C[C@H](OC(=O)C1CCC1)C(=O)Nc1ccccc1C#N. The number of amides is 1. The molecule has 0 spiro atoms. The number of carbonyl (C=O) groups excluding carboxylic acids is 2. The lowest BCUT2D eigenvalue weighted by Crippen LogP contribution is -2.34. The van der Waals surface area contributed by atoms with Gasteiger partial charge in [-0.05, 0) is 31.9 Å². The maximum Gasteiger partial charge on any atom is 0.309 e. The molecule has 0 bridgehead atoms. The summed E-state index contributed by atoms with van der Waals surface area (Å²) in [6, 6.07) is 8.68. The summed E-state index contributed by atoms with van der Waals surface area (Å²) < 4.78 is 5.13. The quantitative estimate of drug-likeness (QED) is 0.852. The van der Waals surface area contributed by atoms with Crippen LogP contribution in [0.4, 0.5) is 5.69 Å². The van der Waals surface area contributed by atoms with Crippen molar-refractivity contribution in [3.63, 3.8) is 0 Å². The van der Waals surface area contributed by atoms with E-state index in [-0.39, 0.29) is 11.9 Å². The third-order valence-corrected chi connectivity index (χ3v) is 3.41. The largest absolute Gasteiger partial charge is 0.452 e. The first kappa shape index (κ1) is 14.1. The Morgan fingerprint density at radius 3 is 2.70 bits per heavy atom. The molecule has 1 amide bonds. The zero-order valence-corrected chi connectivity index (χ0v) is 11.3. The number of hydrogen-bond acceptors (Lipinski definition) is 4. The van der Waals surface area contributed by atoms with Crippen molar-refractivity contribution in [3.8, 4) is 6.07 Å². The second-order valence-corrected chi connectivity index (χ2v) is 4.85. The molecule has 1 atom stereocenters. The summed E-state index contributed by atoms with van der Waals surface area (Å²) in [4.78, 5) is 23.6. The molecule has 1 aliphatic carbocycles. The van der Waals surface area contributed by atoms with Crippen molar-refractivity contribution in [2.45, 2.75) is 32.3 Å². The van der Waals surface area contributed by atoms with E-state index in [4.69, 9.17) is 10.00 Å². The molecule has 2 rings (SSSR count). The Morgan fingerprint density at radius 1 is 1.40 bits per heavy atom. The van der Waals surface area contributed by atoms with E-state index >= 15 is 0 Å². The van der Waals surface area contributed by atoms with Crippen LogP contribution in [0.3, 0.4) is 0 Å². The van der Waals surface area contributed by atoms with Crippen molar-refractivity contribution < 1.29 is 14.3 Å². The normalized spacial score (nSPS) is 15.6. The van der Waals surface area contributed by atoms with Gasteiger partial charge in [0.15, 0.2) is 6.10 Å². The minimum absolute atomic E-state index is 0.0587. The van der Waals surface area contributed by atoms with E-state index in [2.05, 4.69) is 5.32 Å². The minimum atomic E-state index is -0.866. The second-order valence-electron chi connectivity index (χ2n) is 4.85. The van der Waals surface area contributed by atoms with Crippen molar-refractivity contribution in [2.75, 3.05) is 5.32 Å². The van der Waals surface area contributed by atoms with Gasteiger partial charge in [-0.25, -0.2) is 0 Å². The van der Waals surface area contributed by atoms with Gasteiger partial charge in [-0.2, -0.15) is 5.26 Å². The van der Waals surface area contributed by atoms with Crippen molar-refractivity contribution in [1.29, 1.82) is 5.26 Å². The van der Waals surface area contributed by atoms with Gasteiger partial charge < -0.3 is 10.1 Å². The molecule has 1 fully saturated rings. The van der Waals surface area contributed by atoms with Gasteiger partial charge >= 0.3 is 5.97 Å². The summed E-state index contributed by atoms with van der Waals surface area (Å²) in [5.74, 6) is -0.801. The number of carbonyl (C=O) groups is 2. The Kier molecular flexibility index (Phi) is 4.36. The van der Waals surface area contributed by atoms with Gasteiger partial charge in [0.05, 0.1) is 17.2 Å². The Hall–Kier alpha value is -2.35. The average molecular weight is 272 g/mol. The number of para-hydroxylation sites is 1. The second kappa shape index (κ2) is 6.20. The number of nitrogens with zero attached hydrogens (tertiary/aromatic N) is 1. The molecule has 0 radical (unpaired) electrons. The molecule has 1 saturated carbocycles. The average Bonchev–Trinajstić information content (AvgIpc) is 2.37. The molecule has 1 aliphatic rings. The molecule has 20 heavy (non-hydrogen) atoms. The Morgan fingerprint density at radius 2 is 2.10 bits per heavy atom. The topological polar surface area (TPSA) is 79.2 Å². The lowest BCUT2D eigenvalue weighted by molar-refractivity contribution is -0.159. The zero-order valence-electron chi connectivity index (χ0n) is 11.3. The highest BCUT2D eigenvalue weighted by Gasteiger charge is 2.29. The number of nitrogens with one attached hydrogen (secondary N) is 1. The highest BCUT2D eigenvalue weighted by atomic mass is 16.5. The summed E-state index contributed by atoms with van der Waals surface area (Å²) in [7, 11) is 0. The molecule has 1 N–H and O–H groups in total. The van der Waals surface area contributed by atoms with Crippen LogP contribution in [0.1, 0.15) is 31.7 Å². The fourth-order valence-corrected chi connectivity index (χ4v) is 1.89. The van der Waals surface area contributed by atoms with E-state index in [1.807, 2.05) is 6.07 Å². The van der Waals surface area contributed by atoms with E-state index in [0.29, 0.717) is 11.3 Å².